The number of non-ortho nitro benzene ring substituents is 1. The van der Waals surface area contributed by atoms with Crippen molar-refractivity contribution < 1.29 is 9.72 Å². The summed E-state index contributed by atoms with van der Waals surface area (Å²) in [5.74, 6) is 0.660. The molecule has 0 aliphatic carbocycles. The van der Waals surface area contributed by atoms with Crippen LogP contribution in [0.15, 0.2) is 24.3 Å². The molecule has 0 bridgehead atoms. The third-order valence-electron chi connectivity index (χ3n) is 3.55. The highest BCUT2D eigenvalue weighted by atomic mass is 32.1. The highest BCUT2D eigenvalue weighted by Crippen LogP contribution is 2.27. The molecule has 0 atom stereocenters. The molecule has 0 aliphatic heterocycles. The number of thiazole rings is 1. The van der Waals surface area contributed by atoms with Gasteiger partial charge in [0.25, 0.3) is 11.6 Å². The van der Waals surface area contributed by atoms with Gasteiger partial charge in [0, 0.05) is 29.4 Å². The first-order chi connectivity index (χ1) is 11.4. The molecular weight excluding hydrogens is 330 g/mol. The van der Waals surface area contributed by atoms with Crippen LogP contribution >= 0.6 is 11.3 Å². The summed E-state index contributed by atoms with van der Waals surface area (Å²) in [5.41, 5.74) is 1.06. The van der Waals surface area contributed by atoms with Gasteiger partial charge in [0.1, 0.15) is 10.7 Å². The average molecular weight is 345 g/mol. The molecule has 8 nitrogen and oxygen atoms in total. The molecule has 124 valence electrons. The number of rotatable bonds is 4. The fourth-order valence-electron chi connectivity index (χ4n) is 2.40. The van der Waals surface area contributed by atoms with Crippen LogP contribution in [0.1, 0.15) is 41.0 Å². The minimum atomic E-state index is -0.499. The Morgan fingerprint density at radius 3 is 2.79 bits per heavy atom. The lowest BCUT2D eigenvalue weighted by molar-refractivity contribution is -0.384. The van der Waals surface area contributed by atoms with E-state index in [1.54, 1.807) is 6.07 Å². The second kappa shape index (κ2) is 6.00. The van der Waals surface area contributed by atoms with E-state index in [4.69, 9.17) is 0 Å². The maximum atomic E-state index is 12.5. The van der Waals surface area contributed by atoms with Gasteiger partial charge in [0.2, 0.25) is 4.96 Å². The van der Waals surface area contributed by atoms with Crippen LogP contribution < -0.4 is 5.32 Å². The normalized spacial score (nSPS) is 11.2. The summed E-state index contributed by atoms with van der Waals surface area (Å²) in [6.45, 7) is 5.86. The van der Waals surface area contributed by atoms with E-state index in [1.807, 2.05) is 25.2 Å². The Morgan fingerprint density at radius 2 is 2.12 bits per heavy atom. The Kier molecular flexibility index (Phi) is 4.02. The molecule has 0 fully saturated rings. The molecule has 3 rings (SSSR count). The van der Waals surface area contributed by atoms with Crippen molar-refractivity contribution >= 4 is 33.6 Å². The SMILES string of the molecule is Cc1c(C(=O)Nc2cccc([N+](=O)[O-])c2)sc2nnc(C(C)C)n12. The van der Waals surface area contributed by atoms with Crippen LogP contribution in [0, 0.1) is 17.0 Å². The number of aryl methyl sites for hydroxylation is 1. The van der Waals surface area contributed by atoms with Crippen LogP contribution in [-0.4, -0.2) is 25.4 Å². The fraction of sp³-hybridized carbons (Fsp3) is 0.267. The number of hydrogen-bond donors (Lipinski definition) is 1. The Labute approximate surface area is 141 Å². The van der Waals surface area contributed by atoms with Crippen molar-refractivity contribution in [3.05, 3.63) is 50.8 Å². The molecule has 0 aliphatic rings. The van der Waals surface area contributed by atoms with Crippen molar-refractivity contribution in [2.24, 2.45) is 0 Å². The van der Waals surface area contributed by atoms with Gasteiger partial charge >= 0.3 is 0 Å². The zero-order chi connectivity index (χ0) is 17.4. The minimum Gasteiger partial charge on any atom is -0.321 e. The van der Waals surface area contributed by atoms with Gasteiger partial charge in [-0.15, -0.1) is 10.2 Å². The first-order valence-electron chi connectivity index (χ1n) is 7.28. The van der Waals surface area contributed by atoms with E-state index in [9.17, 15) is 14.9 Å². The molecular formula is C15H15N5O3S. The van der Waals surface area contributed by atoms with E-state index in [1.165, 1.54) is 29.5 Å². The summed E-state index contributed by atoms with van der Waals surface area (Å²) in [7, 11) is 0. The lowest BCUT2D eigenvalue weighted by atomic mass is 10.2. The predicted molar refractivity (Wildman–Crippen MR) is 90.7 cm³/mol. The number of aromatic nitrogens is 3. The number of nitrogens with zero attached hydrogens (tertiary/aromatic N) is 4. The zero-order valence-corrected chi connectivity index (χ0v) is 14.1. The van der Waals surface area contributed by atoms with Gasteiger partial charge in [-0.2, -0.15) is 0 Å². The largest absolute Gasteiger partial charge is 0.321 e. The number of amides is 1. The minimum absolute atomic E-state index is 0.0724. The number of hydrogen-bond acceptors (Lipinski definition) is 6. The summed E-state index contributed by atoms with van der Waals surface area (Å²) in [6.07, 6.45) is 0. The van der Waals surface area contributed by atoms with Gasteiger partial charge in [-0.25, -0.2) is 0 Å². The van der Waals surface area contributed by atoms with Crippen molar-refractivity contribution in [2.75, 3.05) is 5.32 Å². The molecule has 3 aromatic rings. The Bertz CT molecular complexity index is 944. The van der Waals surface area contributed by atoms with Crippen LogP contribution in [0.25, 0.3) is 4.96 Å². The molecule has 1 N–H and O–H groups in total. The van der Waals surface area contributed by atoms with Gasteiger partial charge in [-0.1, -0.05) is 31.3 Å². The number of benzene rings is 1. The molecule has 0 unspecified atom stereocenters. The lowest BCUT2D eigenvalue weighted by Gasteiger charge is -2.05. The number of nitro benzene ring substituents is 1. The number of carbonyl (C=O) groups is 1. The molecule has 2 heterocycles. The first-order valence-corrected chi connectivity index (χ1v) is 8.10. The van der Waals surface area contributed by atoms with Crippen molar-refractivity contribution in [2.45, 2.75) is 26.7 Å². The number of anilines is 1. The smallest absolute Gasteiger partial charge is 0.271 e. The zero-order valence-electron chi connectivity index (χ0n) is 13.3. The van der Waals surface area contributed by atoms with E-state index in [0.29, 0.717) is 15.5 Å². The van der Waals surface area contributed by atoms with E-state index < -0.39 is 4.92 Å². The predicted octanol–water partition coefficient (Wildman–Crippen LogP) is 3.38. The van der Waals surface area contributed by atoms with Crippen LogP contribution in [-0.2, 0) is 0 Å². The van der Waals surface area contributed by atoms with Gasteiger partial charge in [0.15, 0.2) is 0 Å². The van der Waals surface area contributed by atoms with Gasteiger partial charge in [0.05, 0.1) is 4.92 Å². The van der Waals surface area contributed by atoms with Crippen molar-refractivity contribution in [1.82, 2.24) is 14.6 Å². The Morgan fingerprint density at radius 1 is 1.38 bits per heavy atom. The quantitative estimate of drug-likeness (QED) is 0.577. The highest BCUT2D eigenvalue weighted by Gasteiger charge is 2.21. The van der Waals surface area contributed by atoms with Gasteiger partial charge < -0.3 is 5.32 Å². The molecule has 9 heteroatoms. The highest BCUT2D eigenvalue weighted by molar-refractivity contribution is 7.19. The van der Waals surface area contributed by atoms with E-state index in [2.05, 4.69) is 15.5 Å². The molecule has 1 amide bonds. The van der Waals surface area contributed by atoms with Crippen LogP contribution in [0.5, 0.6) is 0 Å². The summed E-state index contributed by atoms with van der Waals surface area (Å²) in [5, 5.41) is 21.8. The summed E-state index contributed by atoms with van der Waals surface area (Å²) in [6, 6.07) is 5.84. The Hall–Kier alpha value is -2.81. The van der Waals surface area contributed by atoms with Crippen molar-refractivity contribution in [1.29, 1.82) is 0 Å². The third-order valence-corrected chi connectivity index (χ3v) is 4.68. The maximum absolute atomic E-state index is 12.5. The number of fused-ring (bicyclic) bond motifs is 1. The monoisotopic (exact) mass is 345 g/mol. The molecule has 0 saturated carbocycles. The molecule has 0 spiro atoms. The number of nitrogens with one attached hydrogen (secondary N) is 1. The maximum Gasteiger partial charge on any atom is 0.271 e. The van der Waals surface area contributed by atoms with E-state index >= 15 is 0 Å². The summed E-state index contributed by atoms with van der Waals surface area (Å²) in [4.78, 5) is 24.0. The van der Waals surface area contributed by atoms with Crippen LogP contribution in [0.3, 0.4) is 0 Å². The second-order valence-electron chi connectivity index (χ2n) is 5.61. The Balaban J connectivity index is 1.93. The van der Waals surface area contributed by atoms with Crippen LogP contribution in [0.2, 0.25) is 0 Å². The van der Waals surface area contributed by atoms with Gasteiger partial charge in [-0.05, 0) is 13.0 Å². The standard InChI is InChI=1S/C15H15N5O3S/c1-8(2)13-17-18-15-19(13)9(3)12(24-15)14(21)16-10-5-4-6-11(7-10)20(22)23/h4-8H,1-3H3,(H,16,21). The third kappa shape index (κ3) is 2.73. The van der Waals surface area contributed by atoms with E-state index in [0.717, 1.165) is 11.5 Å². The van der Waals surface area contributed by atoms with Crippen LogP contribution in [0.4, 0.5) is 11.4 Å². The number of carbonyl (C=O) groups excluding carboxylic acids is 1. The lowest BCUT2D eigenvalue weighted by Crippen LogP contribution is -2.12. The molecule has 24 heavy (non-hydrogen) atoms. The second-order valence-corrected chi connectivity index (χ2v) is 6.59. The van der Waals surface area contributed by atoms with E-state index in [-0.39, 0.29) is 17.5 Å². The summed E-state index contributed by atoms with van der Waals surface area (Å²) >= 11 is 1.24. The summed E-state index contributed by atoms with van der Waals surface area (Å²) < 4.78 is 1.87. The molecule has 2 aromatic heterocycles. The molecule has 1 aromatic carbocycles. The first kappa shape index (κ1) is 16.1. The van der Waals surface area contributed by atoms with Gasteiger partial charge in [-0.3, -0.25) is 19.3 Å². The molecule has 0 radical (unpaired) electrons. The van der Waals surface area contributed by atoms with Crippen molar-refractivity contribution in [3.8, 4) is 0 Å². The average Bonchev–Trinajstić information content (AvgIpc) is 3.08. The fourth-order valence-corrected chi connectivity index (χ4v) is 3.37. The number of nitro groups is 1. The molecule has 0 saturated heterocycles. The topological polar surface area (TPSA) is 102 Å². The van der Waals surface area contributed by atoms with Crippen molar-refractivity contribution in [3.63, 3.8) is 0 Å².